The topological polar surface area (TPSA) is 195 Å². The first kappa shape index (κ1) is 37.1. The minimum Gasteiger partial charge on any atom is -0.439 e. The molecule has 0 aromatic carbocycles. The minimum absolute atomic E-state index is 0.126. The lowest BCUT2D eigenvalue weighted by atomic mass is 9.85. The molecule has 0 radical (unpaired) electrons. The fourth-order valence-electron chi connectivity index (χ4n) is 5.68. The third-order valence-electron chi connectivity index (χ3n) is 8.24. The molecular weight excluding hydrogens is 606 g/mol. The van der Waals surface area contributed by atoms with Gasteiger partial charge in [-0.2, -0.15) is 0 Å². The highest BCUT2D eigenvalue weighted by Crippen LogP contribution is 2.29. The zero-order chi connectivity index (χ0) is 34.7. The molecule has 6 N–H and O–H groups in total. The lowest BCUT2D eigenvalue weighted by molar-refractivity contribution is -0.120. The summed E-state index contributed by atoms with van der Waals surface area (Å²) in [4.78, 5) is 59.4. The first-order chi connectivity index (χ1) is 22.4. The van der Waals surface area contributed by atoms with E-state index in [4.69, 9.17) is 19.9 Å². The van der Waals surface area contributed by atoms with E-state index in [1.807, 2.05) is 13.8 Å². The molecule has 13 heteroatoms. The number of carbonyl (C=O) groups excluding carboxylic acids is 4. The summed E-state index contributed by atoms with van der Waals surface area (Å²) < 4.78 is 16.7. The third kappa shape index (κ3) is 10.3. The second-order valence-electron chi connectivity index (χ2n) is 12.0. The van der Waals surface area contributed by atoms with Crippen LogP contribution in [0, 0.1) is 11.8 Å². The third-order valence-corrected chi connectivity index (χ3v) is 8.24. The number of H-pyrrole nitrogens is 1. The summed E-state index contributed by atoms with van der Waals surface area (Å²) in [5.41, 5.74) is 6.51. The molecule has 256 valence electrons. The van der Waals surface area contributed by atoms with Crippen LogP contribution >= 0.6 is 0 Å². The standard InChI is InChI=1S/C34H47N5O8/c1-19-15-23-29(38-12-8-11-28-36-13-14-37-28)25(40)18-24(31(23)42)39-33(43)20(2)9-7-10-26(45-5)32(47-34(35)44)22(4)17-21(3)30(41)27(16-19)46-6/h7,9-10,13-14,17-19,21,26-27,30,32,38,41H,8,11-12,15-16H2,1-6H3,(H2,35,44)(H,36,37)(H,39,43)/b10-7-,20-9+,22-17+/t19-,21+,26+,27+,30-,32-/m1/s1. The van der Waals surface area contributed by atoms with Crippen LogP contribution in [0.4, 0.5) is 4.79 Å². The summed E-state index contributed by atoms with van der Waals surface area (Å²) in [6.07, 6.45) is 8.51. The van der Waals surface area contributed by atoms with Crippen LogP contribution in [0.15, 0.2) is 70.9 Å². The van der Waals surface area contributed by atoms with Crippen LogP contribution in [-0.2, 0) is 35.0 Å². The Balaban J connectivity index is 2.00. The number of Topliss-reactive ketones (excluding diaryl/α,β-unsaturated/α-hetero) is 1. The maximum atomic E-state index is 13.8. The highest BCUT2D eigenvalue weighted by molar-refractivity contribution is 6.23. The summed E-state index contributed by atoms with van der Waals surface area (Å²) in [5, 5.41) is 17.1. The lowest BCUT2D eigenvalue weighted by Gasteiger charge is -2.30. The first-order valence-electron chi connectivity index (χ1n) is 15.7. The van der Waals surface area contributed by atoms with Crippen molar-refractivity contribution in [3.05, 3.63) is 76.7 Å². The predicted octanol–water partition coefficient (Wildman–Crippen LogP) is 2.71. The lowest BCUT2D eigenvalue weighted by Crippen LogP contribution is -2.38. The van der Waals surface area contributed by atoms with E-state index in [0.717, 1.165) is 11.9 Å². The zero-order valence-electron chi connectivity index (χ0n) is 27.9. The minimum atomic E-state index is -1.00. The Morgan fingerprint density at radius 2 is 1.91 bits per heavy atom. The molecule has 47 heavy (non-hydrogen) atoms. The Hall–Kier alpha value is -4.33. The van der Waals surface area contributed by atoms with Crippen LogP contribution in [0.25, 0.3) is 0 Å². The van der Waals surface area contributed by atoms with E-state index in [9.17, 15) is 24.3 Å². The van der Waals surface area contributed by atoms with Gasteiger partial charge in [0, 0.05) is 62.7 Å². The fourth-order valence-corrected chi connectivity index (χ4v) is 5.68. The Bertz CT molecular complexity index is 1440. The van der Waals surface area contributed by atoms with Gasteiger partial charge < -0.3 is 40.7 Å². The van der Waals surface area contributed by atoms with Crippen LogP contribution in [0.3, 0.4) is 0 Å². The van der Waals surface area contributed by atoms with Gasteiger partial charge in [0.15, 0.2) is 6.10 Å². The quantitative estimate of drug-likeness (QED) is 0.158. The van der Waals surface area contributed by atoms with Crippen molar-refractivity contribution in [3.63, 3.8) is 0 Å². The number of aromatic nitrogens is 2. The number of aliphatic hydroxyl groups excluding tert-OH is 1. The van der Waals surface area contributed by atoms with Gasteiger partial charge in [-0.25, -0.2) is 9.78 Å². The molecule has 1 aromatic heterocycles. The van der Waals surface area contributed by atoms with E-state index in [1.165, 1.54) is 20.3 Å². The number of nitrogens with zero attached hydrogens (tertiary/aromatic N) is 1. The summed E-state index contributed by atoms with van der Waals surface area (Å²) in [6.45, 7) is 7.43. The number of hydrogen-bond acceptors (Lipinski definition) is 10. The number of nitrogens with one attached hydrogen (secondary N) is 3. The van der Waals surface area contributed by atoms with Crippen LogP contribution < -0.4 is 16.4 Å². The number of aryl methyl sites for hydroxylation is 1. The number of ketones is 2. The number of fused-ring (bicyclic) bond motifs is 2. The van der Waals surface area contributed by atoms with E-state index in [1.54, 1.807) is 44.5 Å². The Labute approximate surface area is 275 Å². The van der Waals surface area contributed by atoms with Gasteiger partial charge >= 0.3 is 6.09 Å². The normalized spacial score (nSPS) is 29.6. The number of amides is 2. The van der Waals surface area contributed by atoms with Crippen molar-refractivity contribution < 1.29 is 38.5 Å². The van der Waals surface area contributed by atoms with Crippen molar-refractivity contribution in [2.45, 2.75) is 77.8 Å². The number of hydrogen-bond donors (Lipinski definition) is 5. The number of methoxy groups -OCH3 is 2. The van der Waals surface area contributed by atoms with E-state index < -0.39 is 53.9 Å². The number of rotatable bonds is 8. The van der Waals surface area contributed by atoms with Crippen molar-refractivity contribution in [2.75, 3.05) is 20.8 Å². The largest absolute Gasteiger partial charge is 0.439 e. The van der Waals surface area contributed by atoms with Crippen molar-refractivity contribution in [2.24, 2.45) is 17.6 Å². The SMILES string of the molecule is CO[C@H]1/C=C\C=C(/C)C(=O)NC2=CC(=O)C(NCCCc3ncc[nH]3)=C(C[C@@H](C)C[C@H](OC)[C@H](O)[C@@H](C)/C=C(\C)[C@H]1OC(N)=O)C2=O. The number of nitrogens with two attached hydrogens (primary N) is 1. The van der Waals surface area contributed by atoms with Crippen LogP contribution in [0.5, 0.6) is 0 Å². The van der Waals surface area contributed by atoms with Crippen LogP contribution in [0.1, 0.15) is 52.8 Å². The molecule has 0 fully saturated rings. The molecule has 13 nitrogen and oxygen atoms in total. The molecule has 2 bridgehead atoms. The number of primary amides is 1. The molecule has 3 rings (SSSR count). The maximum Gasteiger partial charge on any atom is 0.405 e. The molecule has 1 aromatic rings. The smallest absolute Gasteiger partial charge is 0.405 e. The Morgan fingerprint density at radius 1 is 1.17 bits per heavy atom. The van der Waals surface area contributed by atoms with Crippen molar-refractivity contribution in [1.82, 2.24) is 20.6 Å². The number of ether oxygens (including phenoxy) is 3. The second kappa shape index (κ2) is 17.5. The molecule has 0 saturated carbocycles. The van der Waals surface area contributed by atoms with Gasteiger partial charge in [-0.15, -0.1) is 0 Å². The highest BCUT2D eigenvalue weighted by Gasteiger charge is 2.33. The summed E-state index contributed by atoms with van der Waals surface area (Å²) in [6, 6.07) is 0. The average molecular weight is 654 g/mol. The average Bonchev–Trinajstić information content (AvgIpc) is 3.55. The molecule has 2 aliphatic rings. The van der Waals surface area contributed by atoms with Gasteiger partial charge in [0.25, 0.3) is 5.91 Å². The van der Waals surface area contributed by atoms with E-state index in [0.29, 0.717) is 31.4 Å². The summed E-state index contributed by atoms with van der Waals surface area (Å²) in [5.74, 6) is -1.31. The van der Waals surface area contributed by atoms with Gasteiger partial charge in [-0.05, 0) is 44.6 Å². The van der Waals surface area contributed by atoms with Crippen LogP contribution in [-0.4, -0.2) is 83.8 Å². The van der Waals surface area contributed by atoms with Crippen molar-refractivity contribution in [1.29, 1.82) is 0 Å². The Kier molecular flexibility index (Phi) is 13.9. The second-order valence-corrected chi connectivity index (χ2v) is 12.0. The molecule has 1 aliphatic heterocycles. The fraction of sp³-hybridized carbons (Fsp3) is 0.500. The highest BCUT2D eigenvalue weighted by atomic mass is 16.6. The van der Waals surface area contributed by atoms with Crippen LogP contribution in [0.2, 0.25) is 0 Å². The number of carbonyl (C=O) groups is 4. The van der Waals surface area contributed by atoms with Gasteiger partial charge in [-0.1, -0.05) is 38.2 Å². The van der Waals surface area contributed by atoms with Gasteiger partial charge in [0.2, 0.25) is 11.6 Å². The molecule has 0 spiro atoms. The first-order valence-corrected chi connectivity index (χ1v) is 15.7. The van der Waals surface area contributed by atoms with E-state index in [2.05, 4.69) is 20.6 Å². The number of aliphatic hydroxyl groups is 1. The monoisotopic (exact) mass is 653 g/mol. The van der Waals surface area contributed by atoms with E-state index >= 15 is 0 Å². The summed E-state index contributed by atoms with van der Waals surface area (Å²) >= 11 is 0. The number of allylic oxidation sites excluding steroid dienone is 4. The molecule has 0 unspecified atom stereocenters. The molecule has 6 atom stereocenters. The molecule has 0 saturated heterocycles. The van der Waals surface area contributed by atoms with Crippen molar-refractivity contribution in [3.8, 4) is 0 Å². The molecule has 1 aliphatic carbocycles. The molecular formula is C34H47N5O8. The summed E-state index contributed by atoms with van der Waals surface area (Å²) in [7, 11) is 2.93. The van der Waals surface area contributed by atoms with Gasteiger partial charge in [-0.3, -0.25) is 14.4 Å². The molecule has 2 amide bonds. The Morgan fingerprint density at radius 3 is 2.55 bits per heavy atom. The maximum absolute atomic E-state index is 13.8. The number of aromatic amines is 1. The van der Waals surface area contributed by atoms with Gasteiger partial charge in [0.1, 0.15) is 11.9 Å². The number of imidazole rings is 1. The zero-order valence-corrected chi connectivity index (χ0v) is 27.9. The molecule has 2 heterocycles. The predicted molar refractivity (Wildman–Crippen MR) is 174 cm³/mol. The van der Waals surface area contributed by atoms with Gasteiger partial charge in [0.05, 0.1) is 23.6 Å². The van der Waals surface area contributed by atoms with E-state index in [-0.39, 0.29) is 34.9 Å². The van der Waals surface area contributed by atoms with Crippen molar-refractivity contribution >= 4 is 23.6 Å².